The molecule has 25 heavy (non-hydrogen) atoms. The van der Waals surface area contributed by atoms with Crippen LogP contribution in [0.4, 0.5) is 11.5 Å². The van der Waals surface area contributed by atoms with Crippen LogP contribution < -0.4 is 16.0 Å². The van der Waals surface area contributed by atoms with E-state index in [2.05, 4.69) is 34.2 Å². The molecule has 0 unspecified atom stereocenters. The molecule has 0 bridgehead atoms. The molecule has 0 atom stereocenters. The molecule has 2 aliphatic heterocycles. The molecule has 138 valence electrons. The minimum absolute atomic E-state index is 0.178. The number of nitrogens with zero attached hydrogens (tertiary/aromatic N) is 3. The average molecular weight is 347 g/mol. The quantitative estimate of drug-likeness (QED) is 0.847. The van der Waals surface area contributed by atoms with Gasteiger partial charge in [0.25, 0.3) is 0 Å². The summed E-state index contributed by atoms with van der Waals surface area (Å²) in [6.07, 6.45) is 5.22. The molecule has 3 N–H and O–H groups in total. The number of carbonyl (C=O) groups excluding carboxylic acids is 1. The largest absolute Gasteiger partial charge is 0.381 e. The Bertz CT molecular complexity index is 576. The summed E-state index contributed by atoms with van der Waals surface area (Å²) in [5.41, 5.74) is 6.45. The summed E-state index contributed by atoms with van der Waals surface area (Å²) in [5, 5.41) is 2.85. The second-order valence-corrected chi connectivity index (χ2v) is 7.31. The minimum Gasteiger partial charge on any atom is -0.381 e. The van der Waals surface area contributed by atoms with E-state index in [0.717, 1.165) is 31.6 Å². The van der Waals surface area contributed by atoms with Crippen molar-refractivity contribution in [2.24, 2.45) is 5.73 Å². The van der Waals surface area contributed by atoms with Gasteiger partial charge in [0.2, 0.25) is 5.91 Å². The van der Waals surface area contributed by atoms with Crippen LogP contribution in [0.25, 0.3) is 0 Å². The zero-order valence-corrected chi connectivity index (χ0v) is 15.2. The van der Waals surface area contributed by atoms with Crippen LogP contribution in [0.5, 0.6) is 0 Å². The van der Waals surface area contributed by atoms with Crippen LogP contribution in [-0.2, 0) is 9.53 Å². The van der Waals surface area contributed by atoms with Crippen molar-refractivity contribution >= 4 is 17.4 Å². The predicted molar refractivity (Wildman–Crippen MR) is 98.8 cm³/mol. The molecular weight excluding hydrogens is 318 g/mol. The van der Waals surface area contributed by atoms with Crippen molar-refractivity contribution < 1.29 is 9.53 Å². The van der Waals surface area contributed by atoms with Gasteiger partial charge in [-0.1, -0.05) is 0 Å². The maximum atomic E-state index is 12.4. The van der Waals surface area contributed by atoms with Crippen LogP contribution in [0.15, 0.2) is 18.3 Å². The Hall–Kier alpha value is -1.70. The number of nitrogens with two attached hydrogens (primary N) is 1. The highest BCUT2D eigenvalue weighted by atomic mass is 16.5. The number of aromatic nitrogens is 1. The highest BCUT2D eigenvalue weighted by Crippen LogP contribution is 2.23. The third-order valence-corrected chi connectivity index (χ3v) is 5.39. The van der Waals surface area contributed by atoms with Crippen molar-refractivity contribution in [3.8, 4) is 0 Å². The van der Waals surface area contributed by atoms with Gasteiger partial charge in [0.05, 0.1) is 11.9 Å². The highest BCUT2D eigenvalue weighted by molar-refractivity contribution is 5.97. The van der Waals surface area contributed by atoms with Gasteiger partial charge in [-0.2, -0.15) is 0 Å². The Kier molecular flexibility index (Phi) is 5.56. The lowest BCUT2D eigenvalue weighted by Gasteiger charge is -2.36. The number of rotatable bonds is 4. The SMILES string of the molecule is CN(C)C1CCN(c2ccc(NC(=O)C3(N)CCOCC3)nc2)CC1. The lowest BCUT2D eigenvalue weighted by molar-refractivity contribution is -0.124. The number of carbonyl (C=O) groups is 1. The molecular formula is C18H29N5O2. The van der Waals surface area contributed by atoms with Crippen molar-refractivity contribution in [3.63, 3.8) is 0 Å². The topological polar surface area (TPSA) is 83.7 Å². The first kappa shape index (κ1) is 18.1. The van der Waals surface area contributed by atoms with Crippen LogP contribution in [0.3, 0.4) is 0 Å². The van der Waals surface area contributed by atoms with E-state index < -0.39 is 5.54 Å². The van der Waals surface area contributed by atoms with Gasteiger partial charge in [0.1, 0.15) is 11.4 Å². The van der Waals surface area contributed by atoms with Gasteiger partial charge >= 0.3 is 0 Å². The molecule has 2 saturated heterocycles. The van der Waals surface area contributed by atoms with E-state index in [1.807, 2.05) is 18.3 Å². The normalized spacial score (nSPS) is 21.4. The van der Waals surface area contributed by atoms with Crippen molar-refractivity contribution in [2.45, 2.75) is 37.3 Å². The van der Waals surface area contributed by atoms with E-state index in [-0.39, 0.29) is 5.91 Å². The van der Waals surface area contributed by atoms with Crippen molar-refractivity contribution in [1.82, 2.24) is 9.88 Å². The Morgan fingerprint density at radius 3 is 2.56 bits per heavy atom. The Labute approximate surface area is 149 Å². The maximum Gasteiger partial charge on any atom is 0.245 e. The first-order chi connectivity index (χ1) is 12.0. The van der Waals surface area contributed by atoms with Crippen LogP contribution in [0, 0.1) is 0 Å². The monoisotopic (exact) mass is 347 g/mol. The van der Waals surface area contributed by atoms with E-state index in [1.165, 1.54) is 0 Å². The van der Waals surface area contributed by atoms with Crippen LogP contribution in [-0.4, -0.2) is 67.8 Å². The third kappa shape index (κ3) is 4.29. The number of pyridine rings is 1. The van der Waals surface area contributed by atoms with E-state index in [0.29, 0.717) is 37.9 Å². The molecule has 2 fully saturated rings. The molecule has 1 aromatic rings. The molecule has 7 nitrogen and oxygen atoms in total. The standard InChI is InChI=1S/C18H29N5O2/c1-22(2)14-5-9-23(10-6-14)15-3-4-16(20-13-15)21-17(24)18(19)7-11-25-12-8-18/h3-4,13-14H,5-12,19H2,1-2H3,(H,20,21,24). The number of nitrogens with one attached hydrogen (secondary N) is 1. The summed E-state index contributed by atoms with van der Waals surface area (Å²) in [4.78, 5) is 21.5. The molecule has 0 saturated carbocycles. The lowest BCUT2D eigenvalue weighted by Crippen LogP contribution is -2.54. The van der Waals surface area contributed by atoms with E-state index >= 15 is 0 Å². The van der Waals surface area contributed by atoms with Crippen molar-refractivity contribution in [2.75, 3.05) is 50.6 Å². The molecule has 0 radical (unpaired) electrons. The van der Waals surface area contributed by atoms with Crippen molar-refractivity contribution in [1.29, 1.82) is 0 Å². The Morgan fingerprint density at radius 1 is 1.32 bits per heavy atom. The highest BCUT2D eigenvalue weighted by Gasteiger charge is 2.36. The molecule has 0 spiro atoms. The van der Waals surface area contributed by atoms with E-state index in [1.54, 1.807) is 0 Å². The Balaban J connectivity index is 1.56. The van der Waals surface area contributed by atoms with Crippen molar-refractivity contribution in [3.05, 3.63) is 18.3 Å². The summed E-state index contributed by atoms with van der Waals surface area (Å²) in [6.45, 7) is 3.11. The van der Waals surface area contributed by atoms with Crippen LogP contribution >= 0.6 is 0 Å². The zero-order valence-electron chi connectivity index (χ0n) is 15.2. The van der Waals surface area contributed by atoms with Gasteiger partial charge in [-0.3, -0.25) is 4.79 Å². The Morgan fingerprint density at radius 2 is 2.00 bits per heavy atom. The number of hydrogen-bond acceptors (Lipinski definition) is 6. The lowest BCUT2D eigenvalue weighted by atomic mass is 9.90. The predicted octanol–water partition coefficient (Wildman–Crippen LogP) is 1.06. The fourth-order valence-corrected chi connectivity index (χ4v) is 3.49. The van der Waals surface area contributed by atoms with Crippen LogP contribution in [0.2, 0.25) is 0 Å². The summed E-state index contributed by atoms with van der Waals surface area (Å²) >= 11 is 0. The maximum absolute atomic E-state index is 12.4. The van der Waals surface area contributed by atoms with Gasteiger partial charge in [-0.25, -0.2) is 4.98 Å². The van der Waals surface area contributed by atoms with Gasteiger partial charge in [0, 0.05) is 32.3 Å². The average Bonchev–Trinajstić information content (AvgIpc) is 2.63. The number of piperidine rings is 1. The van der Waals surface area contributed by atoms with Gasteiger partial charge in [-0.15, -0.1) is 0 Å². The second kappa shape index (κ2) is 7.68. The fourth-order valence-electron chi connectivity index (χ4n) is 3.49. The summed E-state index contributed by atoms with van der Waals surface area (Å²) in [5.74, 6) is 0.371. The smallest absolute Gasteiger partial charge is 0.245 e. The summed E-state index contributed by atoms with van der Waals surface area (Å²) < 4.78 is 5.29. The first-order valence-electron chi connectivity index (χ1n) is 9.03. The number of amides is 1. The van der Waals surface area contributed by atoms with E-state index in [9.17, 15) is 4.79 Å². The first-order valence-corrected chi connectivity index (χ1v) is 9.03. The zero-order chi connectivity index (χ0) is 17.9. The minimum atomic E-state index is -0.855. The molecule has 2 aliphatic rings. The number of hydrogen-bond donors (Lipinski definition) is 2. The molecule has 7 heteroatoms. The van der Waals surface area contributed by atoms with Gasteiger partial charge < -0.3 is 25.6 Å². The van der Waals surface area contributed by atoms with Gasteiger partial charge in [-0.05, 0) is 51.9 Å². The molecule has 3 rings (SSSR count). The number of ether oxygens (including phenoxy) is 1. The second-order valence-electron chi connectivity index (χ2n) is 7.31. The molecule has 0 aliphatic carbocycles. The van der Waals surface area contributed by atoms with Gasteiger partial charge in [0.15, 0.2) is 0 Å². The molecule has 0 aromatic carbocycles. The fraction of sp³-hybridized carbons (Fsp3) is 0.667. The number of anilines is 2. The molecule has 1 aromatic heterocycles. The van der Waals surface area contributed by atoms with Crippen LogP contribution in [0.1, 0.15) is 25.7 Å². The van der Waals surface area contributed by atoms with E-state index in [4.69, 9.17) is 10.5 Å². The third-order valence-electron chi connectivity index (χ3n) is 5.39. The summed E-state index contributed by atoms with van der Waals surface area (Å²) in [7, 11) is 4.28. The summed E-state index contributed by atoms with van der Waals surface area (Å²) in [6, 6.07) is 4.53. The molecule has 1 amide bonds. The molecule has 3 heterocycles.